The van der Waals surface area contributed by atoms with E-state index in [4.69, 9.17) is 14.9 Å². The fourth-order valence-electron chi connectivity index (χ4n) is 4.86. The van der Waals surface area contributed by atoms with Gasteiger partial charge in [0.05, 0.1) is 9.85 Å². The third-order valence-electron chi connectivity index (χ3n) is 7.19. The molecule has 0 radical (unpaired) electrons. The van der Waals surface area contributed by atoms with Crippen LogP contribution in [0.2, 0.25) is 0 Å². The van der Waals surface area contributed by atoms with E-state index in [1.54, 1.807) is 4.90 Å². The number of nitrogens with one attached hydrogen (secondary N) is 2. The van der Waals surface area contributed by atoms with Crippen LogP contribution in [0.15, 0.2) is 48.5 Å². The Morgan fingerprint density at radius 1 is 0.930 bits per heavy atom. The Bertz CT molecular complexity index is 1390. The normalized spacial score (nSPS) is 19.5. The van der Waals surface area contributed by atoms with E-state index < -0.39 is 33.8 Å². The van der Waals surface area contributed by atoms with Gasteiger partial charge in [-0.2, -0.15) is 12.6 Å². The number of carbonyl (C=O) groups is 3. The molecule has 3 atom stereocenters. The van der Waals surface area contributed by atoms with Gasteiger partial charge in [-0.25, -0.2) is 9.59 Å². The van der Waals surface area contributed by atoms with Crippen LogP contribution in [0, 0.1) is 31.6 Å². The fourth-order valence-corrected chi connectivity index (χ4v) is 5.23. The lowest BCUT2D eigenvalue weighted by Crippen LogP contribution is -2.47. The van der Waals surface area contributed by atoms with Crippen molar-refractivity contribution in [1.82, 2.24) is 15.1 Å². The van der Waals surface area contributed by atoms with E-state index in [1.165, 1.54) is 53.4 Å². The van der Waals surface area contributed by atoms with Crippen molar-refractivity contribution in [2.45, 2.75) is 37.3 Å². The van der Waals surface area contributed by atoms with Gasteiger partial charge in [-0.3, -0.25) is 35.3 Å². The minimum Gasteiger partial charge on any atom is -0.455 e. The molecule has 0 aliphatic carbocycles. The number of amidine groups is 1. The van der Waals surface area contributed by atoms with Gasteiger partial charge in [0.15, 0.2) is 0 Å². The van der Waals surface area contributed by atoms with Crippen LogP contribution >= 0.6 is 12.6 Å². The molecule has 2 aromatic rings. The van der Waals surface area contributed by atoms with Crippen molar-refractivity contribution in [3.8, 4) is 0 Å². The number of ether oxygens (including phenoxy) is 2. The Balaban J connectivity index is 1.21. The summed E-state index contributed by atoms with van der Waals surface area (Å²) < 4.78 is 10.5. The van der Waals surface area contributed by atoms with E-state index >= 15 is 0 Å². The van der Waals surface area contributed by atoms with E-state index in [9.17, 15) is 34.6 Å². The van der Waals surface area contributed by atoms with Crippen molar-refractivity contribution in [1.29, 1.82) is 5.41 Å². The Kier molecular flexibility index (Phi) is 10.1. The van der Waals surface area contributed by atoms with Crippen LogP contribution in [0.4, 0.5) is 16.2 Å². The average Bonchev–Trinajstić information content (AvgIpc) is 3.64. The molecule has 15 nitrogen and oxygen atoms in total. The first-order chi connectivity index (χ1) is 20.5. The Morgan fingerprint density at radius 3 is 2.05 bits per heavy atom. The zero-order valence-corrected chi connectivity index (χ0v) is 23.8. The van der Waals surface area contributed by atoms with Gasteiger partial charge in [0.1, 0.15) is 19.3 Å². The van der Waals surface area contributed by atoms with E-state index in [2.05, 4.69) is 17.9 Å². The summed E-state index contributed by atoms with van der Waals surface area (Å²) in [5, 5.41) is 32.1. The smallest absolute Gasteiger partial charge is 0.410 e. The highest BCUT2D eigenvalue weighted by Crippen LogP contribution is 2.27. The van der Waals surface area contributed by atoms with Gasteiger partial charge in [0.2, 0.25) is 11.7 Å². The third-order valence-corrected chi connectivity index (χ3v) is 7.57. The van der Waals surface area contributed by atoms with Gasteiger partial charge in [-0.15, -0.1) is 0 Å². The maximum absolute atomic E-state index is 13.4. The lowest BCUT2D eigenvalue weighted by atomic mass is 10.1. The molecule has 2 fully saturated rings. The van der Waals surface area contributed by atoms with Crippen LogP contribution in [0.5, 0.6) is 0 Å². The number of nitro groups is 2. The zero-order chi connectivity index (χ0) is 31.1. The van der Waals surface area contributed by atoms with Crippen LogP contribution in [0.1, 0.15) is 24.0 Å². The molecular formula is C27H30N6O9S. The lowest BCUT2D eigenvalue weighted by Gasteiger charge is -2.27. The van der Waals surface area contributed by atoms with Gasteiger partial charge in [-0.05, 0) is 54.2 Å². The van der Waals surface area contributed by atoms with Crippen LogP contribution in [-0.4, -0.2) is 80.9 Å². The van der Waals surface area contributed by atoms with Crippen LogP contribution in [-0.2, 0) is 32.3 Å². The first-order valence-electron chi connectivity index (χ1n) is 13.4. The molecule has 4 rings (SSSR count). The van der Waals surface area contributed by atoms with Gasteiger partial charge >= 0.3 is 12.1 Å². The summed E-state index contributed by atoms with van der Waals surface area (Å²) in [5.41, 5.74) is 0.948. The first kappa shape index (κ1) is 31.2. The highest BCUT2D eigenvalue weighted by atomic mass is 32.1. The molecule has 2 saturated heterocycles. The van der Waals surface area contributed by atoms with Crippen molar-refractivity contribution >= 4 is 47.8 Å². The Hall–Kier alpha value is -4.73. The van der Waals surface area contributed by atoms with Gasteiger partial charge in [0.25, 0.3) is 11.4 Å². The SMILES string of the molecule is N=C(NC[C@H]1CCN(C(=O)[C@@H]2C[C@H](S)CN2C(=O)OCc2ccc([N+](=O)[O-])cc2)C1)C(=O)OCc1ccc([N+](=O)[O-])cc1. The quantitative estimate of drug-likeness (QED) is 0.0942. The highest BCUT2D eigenvalue weighted by molar-refractivity contribution is 7.81. The molecule has 2 amide bonds. The van der Waals surface area contributed by atoms with Gasteiger partial charge < -0.3 is 19.7 Å². The zero-order valence-electron chi connectivity index (χ0n) is 22.9. The summed E-state index contributed by atoms with van der Waals surface area (Å²) in [4.78, 5) is 61.9. The predicted octanol–water partition coefficient (Wildman–Crippen LogP) is 2.67. The summed E-state index contributed by atoms with van der Waals surface area (Å²) in [6.07, 6.45) is 0.316. The molecule has 0 saturated carbocycles. The summed E-state index contributed by atoms with van der Waals surface area (Å²) in [5.74, 6) is -1.59. The monoisotopic (exact) mass is 614 g/mol. The molecule has 2 N–H and O–H groups in total. The molecule has 16 heteroatoms. The molecule has 0 aromatic heterocycles. The summed E-state index contributed by atoms with van der Waals surface area (Å²) >= 11 is 4.47. The maximum Gasteiger partial charge on any atom is 0.410 e. The second-order valence-corrected chi connectivity index (χ2v) is 11.0. The Morgan fingerprint density at radius 2 is 1.49 bits per heavy atom. The molecule has 0 spiro atoms. The van der Waals surface area contributed by atoms with Crippen LogP contribution in [0.25, 0.3) is 0 Å². The number of non-ortho nitro benzene ring substituents is 2. The average molecular weight is 615 g/mol. The van der Waals surface area contributed by atoms with Crippen LogP contribution < -0.4 is 5.32 Å². The van der Waals surface area contributed by atoms with E-state index in [1.807, 2.05) is 0 Å². The third kappa shape index (κ3) is 8.18. The number of hydrogen-bond acceptors (Lipinski definition) is 11. The van der Waals surface area contributed by atoms with Crippen molar-refractivity contribution in [2.75, 3.05) is 26.2 Å². The molecule has 2 heterocycles. The van der Waals surface area contributed by atoms with E-state index in [0.29, 0.717) is 37.1 Å². The van der Waals surface area contributed by atoms with Gasteiger partial charge in [0, 0.05) is 55.7 Å². The van der Waals surface area contributed by atoms with Crippen molar-refractivity contribution in [3.63, 3.8) is 0 Å². The first-order valence-corrected chi connectivity index (χ1v) is 13.9. The van der Waals surface area contributed by atoms with Crippen molar-refractivity contribution in [3.05, 3.63) is 79.9 Å². The number of rotatable bonds is 9. The molecule has 2 aliphatic rings. The number of amides is 2. The van der Waals surface area contributed by atoms with E-state index in [0.717, 1.165) is 0 Å². The molecule has 2 aliphatic heterocycles. The highest BCUT2D eigenvalue weighted by Gasteiger charge is 2.42. The number of benzene rings is 2. The largest absolute Gasteiger partial charge is 0.455 e. The number of likely N-dealkylation sites (tertiary alicyclic amines) is 2. The number of nitro benzene ring substituents is 2. The molecular weight excluding hydrogens is 584 g/mol. The standard InChI is InChI=1S/C27H30N6O9S/c28-24(26(35)41-15-17-1-5-20(6-2-17)32(37)38)29-12-19-9-10-30(13-19)25(34)23-11-22(43)14-31(23)27(36)42-16-18-3-7-21(8-4-18)33(39)40/h1-8,19,22-23,43H,9-16H2,(H2,28,29)/t19-,22+,23+/m1/s1. The number of thiol groups is 1. The summed E-state index contributed by atoms with van der Waals surface area (Å²) in [7, 11) is 0. The maximum atomic E-state index is 13.4. The van der Waals surface area contributed by atoms with Crippen LogP contribution in [0.3, 0.4) is 0 Å². The molecule has 43 heavy (non-hydrogen) atoms. The number of carbonyl (C=O) groups excluding carboxylic acids is 3. The minimum atomic E-state index is -0.877. The predicted molar refractivity (Wildman–Crippen MR) is 154 cm³/mol. The molecule has 0 bridgehead atoms. The number of nitrogens with zero attached hydrogens (tertiary/aromatic N) is 4. The van der Waals surface area contributed by atoms with Crippen molar-refractivity contribution < 1.29 is 33.7 Å². The fraction of sp³-hybridized carbons (Fsp3) is 0.407. The molecule has 228 valence electrons. The van der Waals surface area contributed by atoms with Crippen molar-refractivity contribution in [2.24, 2.45) is 5.92 Å². The topological polar surface area (TPSA) is 198 Å². The van der Waals surface area contributed by atoms with Gasteiger partial charge in [-0.1, -0.05) is 0 Å². The Labute approximate surface area is 251 Å². The van der Waals surface area contributed by atoms with E-state index in [-0.39, 0.29) is 54.8 Å². The number of esters is 1. The lowest BCUT2D eigenvalue weighted by molar-refractivity contribution is -0.385. The second-order valence-electron chi connectivity index (χ2n) is 10.2. The summed E-state index contributed by atoms with van der Waals surface area (Å²) in [6.45, 7) is 1.06. The molecule has 2 aromatic carbocycles. The molecule has 0 unspecified atom stereocenters. The minimum absolute atomic E-state index is 0.0393. The second kappa shape index (κ2) is 14.0. The number of hydrogen-bond donors (Lipinski definition) is 3. The summed E-state index contributed by atoms with van der Waals surface area (Å²) in [6, 6.07) is 10.4.